The summed E-state index contributed by atoms with van der Waals surface area (Å²) in [5, 5.41) is 0. The number of benzene rings is 1. The van der Waals surface area contributed by atoms with Crippen LogP contribution in [0.4, 0.5) is 0 Å². The van der Waals surface area contributed by atoms with Gasteiger partial charge in [0.25, 0.3) is 0 Å². The largest absolute Gasteiger partial charge is 0.481 e. The van der Waals surface area contributed by atoms with Crippen LogP contribution >= 0.6 is 0 Å². The summed E-state index contributed by atoms with van der Waals surface area (Å²) in [5.74, 6) is 1.27. The second-order valence-electron chi connectivity index (χ2n) is 3.29. The van der Waals surface area contributed by atoms with E-state index in [4.69, 9.17) is 4.74 Å². The van der Waals surface area contributed by atoms with Crippen LogP contribution < -0.4 is 4.74 Å². The molecule has 0 fully saturated rings. The summed E-state index contributed by atoms with van der Waals surface area (Å²) in [6, 6.07) is 9.82. The van der Waals surface area contributed by atoms with Crippen molar-refractivity contribution in [2.24, 2.45) is 0 Å². The fraction of sp³-hybridized carbons (Fsp3) is 0.167. The fourth-order valence-corrected chi connectivity index (χ4v) is 1.30. The Morgan fingerprint density at radius 3 is 2.47 bits per heavy atom. The van der Waals surface area contributed by atoms with Crippen molar-refractivity contribution >= 4 is 0 Å². The highest BCUT2D eigenvalue weighted by molar-refractivity contribution is 5.55. The van der Waals surface area contributed by atoms with Crippen molar-refractivity contribution < 1.29 is 4.74 Å². The molecule has 0 radical (unpaired) electrons. The molecule has 1 aromatic heterocycles. The van der Waals surface area contributed by atoms with E-state index in [1.54, 1.807) is 19.4 Å². The molecule has 0 unspecified atom stereocenters. The molecule has 0 saturated carbocycles. The van der Waals surface area contributed by atoms with Crippen LogP contribution in [0.15, 0.2) is 36.5 Å². The van der Waals surface area contributed by atoms with Gasteiger partial charge in [-0.1, -0.05) is 29.8 Å². The molecule has 0 amide bonds. The molecule has 0 N–H and O–H groups in total. The Bertz CT molecular complexity index is 451. The van der Waals surface area contributed by atoms with E-state index >= 15 is 0 Å². The Hall–Kier alpha value is -1.90. The highest BCUT2D eigenvalue weighted by Crippen LogP contribution is 2.17. The maximum absolute atomic E-state index is 5.05. The van der Waals surface area contributed by atoms with Crippen LogP contribution in [0, 0.1) is 6.92 Å². The zero-order valence-electron chi connectivity index (χ0n) is 8.77. The van der Waals surface area contributed by atoms with Gasteiger partial charge in [0.1, 0.15) is 0 Å². The molecule has 3 heteroatoms. The van der Waals surface area contributed by atoms with Crippen molar-refractivity contribution in [2.45, 2.75) is 6.92 Å². The van der Waals surface area contributed by atoms with Gasteiger partial charge in [-0.25, -0.2) is 4.98 Å². The average Bonchev–Trinajstić information content (AvgIpc) is 2.30. The summed E-state index contributed by atoms with van der Waals surface area (Å²) in [7, 11) is 1.60. The van der Waals surface area contributed by atoms with E-state index < -0.39 is 0 Å². The molecular formula is C12H12N2O. The molecule has 0 spiro atoms. The van der Waals surface area contributed by atoms with Gasteiger partial charge in [-0.3, -0.25) is 0 Å². The normalized spacial score (nSPS) is 10.0. The molecular weight excluding hydrogens is 188 g/mol. The molecule has 2 rings (SSSR count). The number of aryl methyl sites for hydroxylation is 1. The maximum Gasteiger partial charge on any atom is 0.216 e. The smallest absolute Gasteiger partial charge is 0.216 e. The number of methoxy groups -OCH3 is 1. The summed E-state index contributed by atoms with van der Waals surface area (Å²) < 4.78 is 5.05. The van der Waals surface area contributed by atoms with Crippen molar-refractivity contribution in [2.75, 3.05) is 7.11 Å². The lowest BCUT2D eigenvalue weighted by Gasteiger charge is -2.02. The maximum atomic E-state index is 5.05. The number of hydrogen-bond acceptors (Lipinski definition) is 3. The van der Waals surface area contributed by atoms with Gasteiger partial charge in [-0.2, -0.15) is 4.98 Å². The summed E-state index contributed by atoms with van der Waals surface area (Å²) in [5.41, 5.74) is 2.22. The lowest BCUT2D eigenvalue weighted by molar-refractivity contribution is 0.397. The van der Waals surface area contributed by atoms with E-state index in [1.807, 2.05) is 24.3 Å². The van der Waals surface area contributed by atoms with Gasteiger partial charge in [0, 0.05) is 17.8 Å². The first-order valence-corrected chi connectivity index (χ1v) is 4.73. The molecule has 0 aliphatic rings. The first-order chi connectivity index (χ1) is 7.29. The van der Waals surface area contributed by atoms with Gasteiger partial charge in [0.05, 0.1) is 7.11 Å². The third-order valence-corrected chi connectivity index (χ3v) is 2.15. The van der Waals surface area contributed by atoms with Gasteiger partial charge in [0.2, 0.25) is 5.88 Å². The first-order valence-electron chi connectivity index (χ1n) is 4.73. The predicted molar refractivity (Wildman–Crippen MR) is 58.8 cm³/mol. The van der Waals surface area contributed by atoms with E-state index in [1.165, 1.54) is 5.56 Å². The molecule has 1 aromatic carbocycles. The quantitative estimate of drug-likeness (QED) is 0.747. The summed E-state index contributed by atoms with van der Waals surface area (Å²) in [6.45, 7) is 2.05. The monoisotopic (exact) mass is 200 g/mol. The van der Waals surface area contributed by atoms with Crippen molar-refractivity contribution in [1.82, 2.24) is 9.97 Å². The summed E-state index contributed by atoms with van der Waals surface area (Å²) in [4.78, 5) is 8.45. The summed E-state index contributed by atoms with van der Waals surface area (Å²) >= 11 is 0. The van der Waals surface area contributed by atoms with Crippen LogP contribution in [-0.2, 0) is 0 Å². The van der Waals surface area contributed by atoms with Crippen LogP contribution in [0.5, 0.6) is 5.88 Å². The van der Waals surface area contributed by atoms with Gasteiger partial charge in [0.15, 0.2) is 5.82 Å². The molecule has 3 nitrogen and oxygen atoms in total. The van der Waals surface area contributed by atoms with Crippen LogP contribution in [0.3, 0.4) is 0 Å². The Balaban J connectivity index is 2.40. The van der Waals surface area contributed by atoms with Crippen LogP contribution in [0.2, 0.25) is 0 Å². The molecule has 1 heterocycles. The molecule has 0 bridgehead atoms. The Morgan fingerprint density at radius 2 is 1.80 bits per heavy atom. The van der Waals surface area contributed by atoms with Gasteiger partial charge in [-0.15, -0.1) is 0 Å². The third kappa shape index (κ3) is 2.13. The summed E-state index contributed by atoms with van der Waals surface area (Å²) in [6.07, 6.45) is 1.70. The van der Waals surface area contributed by atoms with Gasteiger partial charge in [-0.05, 0) is 6.92 Å². The van der Waals surface area contributed by atoms with E-state index in [0.717, 1.165) is 5.56 Å². The van der Waals surface area contributed by atoms with Gasteiger partial charge >= 0.3 is 0 Å². The topological polar surface area (TPSA) is 35.0 Å². The Labute approximate surface area is 88.8 Å². The number of aromatic nitrogens is 2. The Kier molecular flexibility index (Phi) is 2.63. The highest BCUT2D eigenvalue weighted by Gasteiger charge is 2.01. The first kappa shape index (κ1) is 9.65. The van der Waals surface area contributed by atoms with Gasteiger partial charge < -0.3 is 4.74 Å². The van der Waals surface area contributed by atoms with E-state index in [-0.39, 0.29) is 0 Å². The SMILES string of the molecule is COc1ccnc(-c2ccc(C)cc2)n1. The number of hydrogen-bond donors (Lipinski definition) is 0. The lowest BCUT2D eigenvalue weighted by atomic mass is 10.1. The Morgan fingerprint density at radius 1 is 1.07 bits per heavy atom. The average molecular weight is 200 g/mol. The molecule has 0 aliphatic carbocycles. The van der Waals surface area contributed by atoms with Crippen LogP contribution in [-0.4, -0.2) is 17.1 Å². The van der Waals surface area contributed by atoms with E-state index in [9.17, 15) is 0 Å². The van der Waals surface area contributed by atoms with E-state index in [0.29, 0.717) is 11.7 Å². The minimum Gasteiger partial charge on any atom is -0.481 e. The van der Waals surface area contributed by atoms with Crippen molar-refractivity contribution in [3.8, 4) is 17.3 Å². The lowest BCUT2D eigenvalue weighted by Crippen LogP contribution is -1.92. The fourth-order valence-electron chi connectivity index (χ4n) is 1.30. The molecule has 15 heavy (non-hydrogen) atoms. The zero-order chi connectivity index (χ0) is 10.7. The van der Waals surface area contributed by atoms with Crippen LogP contribution in [0.1, 0.15) is 5.56 Å². The van der Waals surface area contributed by atoms with Crippen LogP contribution in [0.25, 0.3) is 11.4 Å². The molecule has 0 aliphatic heterocycles. The molecule has 0 saturated heterocycles. The second kappa shape index (κ2) is 4.09. The highest BCUT2D eigenvalue weighted by atomic mass is 16.5. The second-order valence-corrected chi connectivity index (χ2v) is 3.29. The molecule has 2 aromatic rings. The number of nitrogens with zero attached hydrogens (tertiary/aromatic N) is 2. The number of rotatable bonds is 2. The minimum absolute atomic E-state index is 0.584. The van der Waals surface area contributed by atoms with Crippen molar-refractivity contribution in [3.05, 3.63) is 42.1 Å². The predicted octanol–water partition coefficient (Wildman–Crippen LogP) is 2.46. The molecule has 0 atom stereocenters. The molecule has 76 valence electrons. The van der Waals surface area contributed by atoms with Crippen molar-refractivity contribution in [3.63, 3.8) is 0 Å². The van der Waals surface area contributed by atoms with E-state index in [2.05, 4.69) is 16.9 Å². The number of ether oxygens (including phenoxy) is 1. The standard InChI is InChI=1S/C12H12N2O/c1-9-3-5-10(6-4-9)12-13-8-7-11(14-12)15-2/h3-8H,1-2H3. The minimum atomic E-state index is 0.584. The zero-order valence-corrected chi connectivity index (χ0v) is 8.77. The van der Waals surface area contributed by atoms with Crippen molar-refractivity contribution in [1.29, 1.82) is 0 Å². The third-order valence-electron chi connectivity index (χ3n) is 2.15.